The third-order valence-corrected chi connectivity index (χ3v) is 5.08. The summed E-state index contributed by atoms with van der Waals surface area (Å²) in [4.78, 5) is 12.6. The van der Waals surface area contributed by atoms with E-state index in [1.807, 2.05) is 60.7 Å². The van der Waals surface area contributed by atoms with Crippen LogP contribution in [0.1, 0.15) is 28.4 Å². The summed E-state index contributed by atoms with van der Waals surface area (Å²) in [5.41, 5.74) is 3.00. The van der Waals surface area contributed by atoms with Crippen molar-refractivity contribution in [3.63, 3.8) is 0 Å². The Bertz CT molecular complexity index is 1280. The monoisotopic (exact) mass is 403 g/mol. The molecule has 1 atom stereocenters. The molecule has 2 N–H and O–H groups in total. The van der Waals surface area contributed by atoms with E-state index >= 15 is 0 Å². The van der Waals surface area contributed by atoms with E-state index in [-0.39, 0.29) is 5.56 Å². The summed E-state index contributed by atoms with van der Waals surface area (Å²) in [6, 6.07) is 16.7. The number of nitrogens with zero attached hydrogens (tertiary/aromatic N) is 5. The molecule has 0 spiro atoms. The third-order valence-electron chi connectivity index (χ3n) is 4.73. The second-order valence-corrected chi connectivity index (χ2v) is 6.87. The van der Waals surface area contributed by atoms with Crippen molar-refractivity contribution in [3.05, 3.63) is 92.4 Å². The minimum Gasteiger partial charge on any atom is -0.318 e. The number of benzene rings is 2. The molecule has 2 aromatic heterocycles. The number of fused-ring (bicyclic) bond motifs is 2. The quantitative estimate of drug-likeness (QED) is 0.479. The molecule has 1 aliphatic rings. The van der Waals surface area contributed by atoms with E-state index in [1.54, 1.807) is 10.7 Å². The molecule has 0 bridgehead atoms. The molecule has 8 nitrogen and oxygen atoms in total. The van der Waals surface area contributed by atoms with Crippen molar-refractivity contribution in [1.29, 1.82) is 0 Å². The maximum atomic E-state index is 12.6. The molecule has 0 saturated carbocycles. The first kappa shape index (κ1) is 17.3. The lowest BCUT2D eigenvalue weighted by Crippen LogP contribution is -2.29. The fourth-order valence-corrected chi connectivity index (χ4v) is 3.65. The fraction of sp³-hybridized carbons (Fsp3) is 0.0500. The van der Waals surface area contributed by atoms with Crippen molar-refractivity contribution >= 4 is 35.4 Å². The van der Waals surface area contributed by atoms with Gasteiger partial charge in [-0.05, 0) is 28.1 Å². The second-order valence-electron chi connectivity index (χ2n) is 6.47. The Hall–Kier alpha value is -3.78. The van der Waals surface area contributed by atoms with E-state index in [0.29, 0.717) is 27.9 Å². The Morgan fingerprint density at radius 1 is 1.03 bits per heavy atom. The molecule has 1 aliphatic heterocycles. The van der Waals surface area contributed by atoms with Gasteiger partial charge in [-0.2, -0.15) is 9.78 Å². The topological polar surface area (TPSA) is 101 Å². The molecule has 0 saturated heterocycles. The number of nitrogens with one attached hydrogen (secondary N) is 2. The molecule has 0 radical (unpaired) electrons. The molecule has 9 heteroatoms. The van der Waals surface area contributed by atoms with Crippen LogP contribution in [-0.2, 0) is 0 Å². The van der Waals surface area contributed by atoms with Crippen LogP contribution in [0.25, 0.3) is 12.2 Å². The number of tetrazole rings is 1. The standard InChI is InChI=1S/C20H14ClN7O/c21-14-9-5-4-8-13(14)18-16-15(11-10-12-6-2-1-3-7-12)23-24-19(29)17(16)22-20-25-26-27-28(18)20/h1-11,18H,(H,24,29)(H,22,25,27)/b11-10+/t18-/m0/s1. The predicted octanol–water partition coefficient (Wildman–Crippen LogP) is 3.27. The first-order valence-electron chi connectivity index (χ1n) is 8.87. The molecule has 0 amide bonds. The van der Waals surface area contributed by atoms with E-state index in [1.165, 1.54) is 0 Å². The summed E-state index contributed by atoms with van der Waals surface area (Å²) in [5, 5.41) is 22.2. The Morgan fingerprint density at radius 3 is 2.66 bits per heavy atom. The number of rotatable bonds is 3. The summed E-state index contributed by atoms with van der Waals surface area (Å²) < 4.78 is 1.60. The Kier molecular flexibility index (Phi) is 4.18. The van der Waals surface area contributed by atoms with E-state index in [2.05, 4.69) is 31.0 Å². The largest absolute Gasteiger partial charge is 0.318 e. The van der Waals surface area contributed by atoms with Gasteiger partial charge in [0.15, 0.2) is 0 Å². The van der Waals surface area contributed by atoms with Crippen molar-refractivity contribution < 1.29 is 0 Å². The number of H-pyrrole nitrogens is 1. The van der Waals surface area contributed by atoms with Crippen LogP contribution in [0.5, 0.6) is 0 Å². The van der Waals surface area contributed by atoms with Crippen LogP contribution in [0.3, 0.4) is 0 Å². The second kappa shape index (κ2) is 6.99. The van der Waals surface area contributed by atoms with Gasteiger partial charge in [0.2, 0.25) is 5.95 Å². The van der Waals surface area contributed by atoms with Crippen LogP contribution in [0.4, 0.5) is 11.6 Å². The maximum absolute atomic E-state index is 12.6. The Morgan fingerprint density at radius 2 is 1.83 bits per heavy atom. The van der Waals surface area contributed by atoms with Gasteiger partial charge in [0.25, 0.3) is 5.56 Å². The summed E-state index contributed by atoms with van der Waals surface area (Å²) >= 11 is 6.50. The lowest BCUT2D eigenvalue weighted by molar-refractivity contribution is 0.565. The molecule has 0 aliphatic carbocycles. The highest BCUT2D eigenvalue weighted by molar-refractivity contribution is 6.31. The van der Waals surface area contributed by atoms with Gasteiger partial charge in [-0.3, -0.25) is 4.79 Å². The van der Waals surface area contributed by atoms with Crippen LogP contribution in [0, 0.1) is 0 Å². The molecular weight excluding hydrogens is 390 g/mol. The van der Waals surface area contributed by atoms with E-state index in [9.17, 15) is 4.79 Å². The summed E-state index contributed by atoms with van der Waals surface area (Å²) in [7, 11) is 0. The first-order chi connectivity index (χ1) is 14.2. The van der Waals surface area contributed by atoms with Crippen LogP contribution in [-0.4, -0.2) is 30.4 Å². The molecule has 3 heterocycles. The molecule has 142 valence electrons. The highest BCUT2D eigenvalue weighted by atomic mass is 35.5. The van der Waals surface area contributed by atoms with E-state index in [0.717, 1.165) is 11.1 Å². The predicted molar refractivity (Wildman–Crippen MR) is 110 cm³/mol. The maximum Gasteiger partial charge on any atom is 0.288 e. The van der Waals surface area contributed by atoms with Crippen molar-refractivity contribution in [2.75, 3.05) is 5.32 Å². The number of aromatic nitrogens is 6. The minimum absolute atomic E-state index is 0.347. The van der Waals surface area contributed by atoms with Gasteiger partial charge in [0, 0.05) is 16.1 Å². The molecule has 0 unspecified atom stereocenters. The molecule has 2 aromatic carbocycles. The van der Waals surface area contributed by atoms with Crippen molar-refractivity contribution in [1.82, 2.24) is 30.4 Å². The van der Waals surface area contributed by atoms with Gasteiger partial charge in [0.05, 0.1) is 5.69 Å². The van der Waals surface area contributed by atoms with Gasteiger partial charge in [0.1, 0.15) is 11.7 Å². The normalized spacial score (nSPS) is 15.0. The van der Waals surface area contributed by atoms with Gasteiger partial charge in [-0.1, -0.05) is 71.3 Å². The van der Waals surface area contributed by atoms with Crippen LogP contribution in [0.15, 0.2) is 59.4 Å². The van der Waals surface area contributed by atoms with Gasteiger partial charge < -0.3 is 5.32 Å². The van der Waals surface area contributed by atoms with E-state index in [4.69, 9.17) is 11.6 Å². The van der Waals surface area contributed by atoms with Gasteiger partial charge >= 0.3 is 0 Å². The summed E-state index contributed by atoms with van der Waals surface area (Å²) in [6.07, 6.45) is 3.78. The van der Waals surface area contributed by atoms with Gasteiger partial charge in [-0.15, -0.1) is 0 Å². The molecule has 29 heavy (non-hydrogen) atoms. The smallest absolute Gasteiger partial charge is 0.288 e. The molecular formula is C20H14ClN7O. The molecule has 0 fully saturated rings. The average Bonchev–Trinajstić information content (AvgIpc) is 3.22. The zero-order valence-corrected chi connectivity index (χ0v) is 15.7. The lowest BCUT2D eigenvalue weighted by atomic mass is 9.94. The van der Waals surface area contributed by atoms with Crippen molar-refractivity contribution in [3.8, 4) is 0 Å². The van der Waals surface area contributed by atoms with Crippen LogP contribution < -0.4 is 10.9 Å². The zero-order chi connectivity index (χ0) is 19.8. The SMILES string of the molecule is O=c1[nH]nc(/C=C/c2ccccc2)c2c1Nc1nnnn1[C@H]2c1ccccc1Cl. The van der Waals surface area contributed by atoms with Crippen LogP contribution in [0.2, 0.25) is 5.02 Å². The molecule has 5 rings (SSSR count). The number of anilines is 2. The van der Waals surface area contributed by atoms with Crippen molar-refractivity contribution in [2.45, 2.75) is 6.04 Å². The average molecular weight is 404 g/mol. The number of hydrogen-bond donors (Lipinski definition) is 2. The molecule has 4 aromatic rings. The summed E-state index contributed by atoms with van der Waals surface area (Å²) in [5.74, 6) is 0.358. The van der Waals surface area contributed by atoms with Crippen LogP contribution >= 0.6 is 11.6 Å². The zero-order valence-electron chi connectivity index (χ0n) is 15.0. The number of hydrogen-bond acceptors (Lipinski definition) is 6. The fourth-order valence-electron chi connectivity index (χ4n) is 3.41. The Balaban J connectivity index is 1.74. The Labute approximate surface area is 169 Å². The number of halogens is 1. The van der Waals surface area contributed by atoms with E-state index < -0.39 is 6.04 Å². The third kappa shape index (κ3) is 2.99. The van der Waals surface area contributed by atoms with Gasteiger partial charge in [-0.25, -0.2) is 5.10 Å². The number of aromatic amines is 1. The summed E-state index contributed by atoms with van der Waals surface area (Å²) in [6.45, 7) is 0. The highest BCUT2D eigenvalue weighted by Crippen LogP contribution is 2.40. The highest BCUT2D eigenvalue weighted by Gasteiger charge is 2.34. The minimum atomic E-state index is -0.504. The lowest BCUT2D eigenvalue weighted by Gasteiger charge is -2.27. The van der Waals surface area contributed by atoms with Crippen molar-refractivity contribution in [2.24, 2.45) is 0 Å². The first-order valence-corrected chi connectivity index (χ1v) is 9.25.